The van der Waals surface area contributed by atoms with Crippen molar-refractivity contribution in [1.82, 2.24) is 10.2 Å². The molecule has 2 unspecified atom stereocenters. The van der Waals surface area contributed by atoms with Crippen LogP contribution in [0.25, 0.3) is 0 Å². The van der Waals surface area contributed by atoms with Crippen molar-refractivity contribution in [3.05, 3.63) is 23.8 Å². The second kappa shape index (κ2) is 7.64. The molecule has 1 aromatic carbocycles. The molecule has 1 N–H and O–H groups in total. The second-order valence-corrected chi connectivity index (χ2v) is 5.21. The van der Waals surface area contributed by atoms with Gasteiger partial charge in [-0.3, -0.25) is 4.90 Å². The summed E-state index contributed by atoms with van der Waals surface area (Å²) in [7, 11) is 5.30. The molecule has 0 amide bonds. The maximum atomic E-state index is 5.98. The zero-order valence-corrected chi connectivity index (χ0v) is 13.4. The summed E-state index contributed by atoms with van der Waals surface area (Å²) in [6.45, 7) is 5.95. The minimum absolute atomic E-state index is 0.114. The fourth-order valence-electron chi connectivity index (χ4n) is 2.80. The number of nitrogens with zero attached hydrogens (tertiary/aromatic N) is 1. The summed E-state index contributed by atoms with van der Waals surface area (Å²) in [6.07, 6.45) is 0.125. The van der Waals surface area contributed by atoms with Gasteiger partial charge in [-0.05, 0) is 31.3 Å². The molecule has 1 aliphatic heterocycles. The molecule has 1 saturated heterocycles. The van der Waals surface area contributed by atoms with E-state index in [-0.39, 0.29) is 12.1 Å². The van der Waals surface area contributed by atoms with Gasteiger partial charge in [-0.25, -0.2) is 0 Å². The molecular weight excluding hydrogens is 268 g/mol. The van der Waals surface area contributed by atoms with E-state index in [9.17, 15) is 0 Å². The Morgan fingerprint density at radius 2 is 1.95 bits per heavy atom. The molecule has 0 saturated carbocycles. The fraction of sp³-hybridized carbons (Fsp3) is 0.625. The Labute approximate surface area is 127 Å². The lowest BCUT2D eigenvalue weighted by molar-refractivity contribution is -0.0444. The van der Waals surface area contributed by atoms with Crippen molar-refractivity contribution in [2.75, 3.05) is 47.5 Å². The Balaban J connectivity index is 2.23. The van der Waals surface area contributed by atoms with Crippen LogP contribution in [-0.2, 0) is 4.74 Å². The maximum Gasteiger partial charge on any atom is 0.122 e. The summed E-state index contributed by atoms with van der Waals surface area (Å²) in [5, 5.41) is 3.37. The van der Waals surface area contributed by atoms with Crippen molar-refractivity contribution in [1.29, 1.82) is 0 Å². The number of likely N-dealkylation sites (N-methyl/N-ethyl adjacent to an activating group) is 2. The maximum absolute atomic E-state index is 5.98. The lowest BCUT2D eigenvalue weighted by Gasteiger charge is -2.36. The lowest BCUT2D eigenvalue weighted by atomic mass is 9.99. The van der Waals surface area contributed by atoms with Crippen molar-refractivity contribution in [3.8, 4) is 11.5 Å². The van der Waals surface area contributed by atoms with Gasteiger partial charge >= 0.3 is 0 Å². The third-order valence-corrected chi connectivity index (χ3v) is 4.04. The third kappa shape index (κ3) is 3.87. The zero-order valence-electron chi connectivity index (χ0n) is 13.4. The summed E-state index contributed by atoms with van der Waals surface area (Å²) < 4.78 is 16.7. The van der Waals surface area contributed by atoms with E-state index in [4.69, 9.17) is 14.2 Å². The van der Waals surface area contributed by atoms with Gasteiger partial charge < -0.3 is 19.5 Å². The molecule has 2 rings (SSSR count). The summed E-state index contributed by atoms with van der Waals surface area (Å²) in [5.74, 6) is 1.60. The van der Waals surface area contributed by atoms with Crippen LogP contribution in [0.5, 0.6) is 11.5 Å². The standard InChI is InChI=1S/C16H26N2O3/c1-5-18-6-7-21-15(11-18)16(17-2)12-8-13(19-3)10-14(9-12)20-4/h8-10,15-17H,5-7,11H2,1-4H3. The molecule has 2 atom stereocenters. The van der Waals surface area contributed by atoms with E-state index < -0.39 is 0 Å². The molecule has 1 heterocycles. The fourth-order valence-corrected chi connectivity index (χ4v) is 2.80. The number of rotatable bonds is 6. The van der Waals surface area contributed by atoms with E-state index >= 15 is 0 Å². The van der Waals surface area contributed by atoms with Crippen LogP contribution in [0.1, 0.15) is 18.5 Å². The highest BCUT2D eigenvalue weighted by atomic mass is 16.5. The molecule has 118 valence electrons. The first-order chi connectivity index (χ1) is 10.2. The van der Waals surface area contributed by atoms with Crippen LogP contribution in [0.3, 0.4) is 0 Å². The smallest absolute Gasteiger partial charge is 0.122 e. The number of hydrogen-bond acceptors (Lipinski definition) is 5. The first-order valence-electron chi connectivity index (χ1n) is 7.46. The summed E-state index contributed by atoms with van der Waals surface area (Å²) >= 11 is 0. The van der Waals surface area contributed by atoms with Crippen molar-refractivity contribution >= 4 is 0 Å². The molecule has 0 aromatic heterocycles. The van der Waals surface area contributed by atoms with E-state index in [0.717, 1.165) is 43.3 Å². The van der Waals surface area contributed by atoms with Gasteiger partial charge in [0, 0.05) is 19.2 Å². The van der Waals surface area contributed by atoms with Gasteiger partial charge in [-0.1, -0.05) is 6.92 Å². The van der Waals surface area contributed by atoms with Crippen LogP contribution >= 0.6 is 0 Å². The van der Waals surface area contributed by atoms with Crippen LogP contribution in [0, 0.1) is 0 Å². The van der Waals surface area contributed by atoms with Gasteiger partial charge in [0.15, 0.2) is 0 Å². The number of hydrogen-bond donors (Lipinski definition) is 1. The molecule has 5 nitrogen and oxygen atoms in total. The average Bonchev–Trinajstić information content (AvgIpc) is 2.55. The number of methoxy groups -OCH3 is 2. The van der Waals surface area contributed by atoms with Crippen molar-refractivity contribution in [2.24, 2.45) is 0 Å². The molecule has 0 bridgehead atoms. The molecule has 5 heteroatoms. The topological polar surface area (TPSA) is 43.0 Å². The third-order valence-electron chi connectivity index (χ3n) is 4.04. The number of nitrogens with one attached hydrogen (secondary N) is 1. The molecular formula is C16H26N2O3. The van der Waals surface area contributed by atoms with Gasteiger partial charge in [-0.15, -0.1) is 0 Å². The Kier molecular flexibility index (Phi) is 5.85. The first-order valence-corrected chi connectivity index (χ1v) is 7.46. The van der Waals surface area contributed by atoms with Crippen molar-refractivity contribution < 1.29 is 14.2 Å². The van der Waals surface area contributed by atoms with Crippen LogP contribution in [0.4, 0.5) is 0 Å². The van der Waals surface area contributed by atoms with Gasteiger partial charge in [0.25, 0.3) is 0 Å². The Morgan fingerprint density at radius 3 is 2.48 bits per heavy atom. The predicted octanol–water partition coefficient (Wildman–Crippen LogP) is 1.68. The highest BCUT2D eigenvalue weighted by molar-refractivity contribution is 5.40. The minimum atomic E-state index is 0.114. The van der Waals surface area contributed by atoms with Gasteiger partial charge in [0.1, 0.15) is 11.5 Å². The van der Waals surface area contributed by atoms with E-state index in [1.54, 1.807) is 14.2 Å². The van der Waals surface area contributed by atoms with Crippen LogP contribution in [0.15, 0.2) is 18.2 Å². The SMILES string of the molecule is CCN1CCOC(C(NC)c2cc(OC)cc(OC)c2)C1. The van der Waals surface area contributed by atoms with Crippen molar-refractivity contribution in [3.63, 3.8) is 0 Å². The lowest BCUT2D eigenvalue weighted by Crippen LogP contribution is -2.47. The van der Waals surface area contributed by atoms with E-state index in [2.05, 4.69) is 17.1 Å². The van der Waals surface area contributed by atoms with Crippen molar-refractivity contribution in [2.45, 2.75) is 19.1 Å². The van der Waals surface area contributed by atoms with Gasteiger partial charge in [-0.2, -0.15) is 0 Å². The highest BCUT2D eigenvalue weighted by Crippen LogP contribution is 2.29. The number of ether oxygens (including phenoxy) is 3. The molecule has 0 radical (unpaired) electrons. The monoisotopic (exact) mass is 294 g/mol. The number of benzene rings is 1. The van der Waals surface area contributed by atoms with Crippen LogP contribution in [0.2, 0.25) is 0 Å². The van der Waals surface area contributed by atoms with E-state index in [1.165, 1.54) is 0 Å². The molecule has 0 spiro atoms. The summed E-state index contributed by atoms with van der Waals surface area (Å²) in [4.78, 5) is 2.41. The quantitative estimate of drug-likeness (QED) is 0.865. The molecule has 1 aliphatic rings. The van der Waals surface area contributed by atoms with Gasteiger partial charge in [0.2, 0.25) is 0 Å². The number of morpholine rings is 1. The highest BCUT2D eigenvalue weighted by Gasteiger charge is 2.28. The second-order valence-electron chi connectivity index (χ2n) is 5.21. The normalized spacial score (nSPS) is 21.0. The Morgan fingerprint density at radius 1 is 1.29 bits per heavy atom. The minimum Gasteiger partial charge on any atom is -0.497 e. The summed E-state index contributed by atoms with van der Waals surface area (Å²) in [6, 6.07) is 6.08. The Bertz CT molecular complexity index is 431. The van der Waals surface area contributed by atoms with Crippen LogP contribution < -0.4 is 14.8 Å². The van der Waals surface area contributed by atoms with Crippen LogP contribution in [-0.4, -0.2) is 58.5 Å². The van der Waals surface area contributed by atoms with Gasteiger partial charge in [0.05, 0.1) is 33.0 Å². The molecule has 21 heavy (non-hydrogen) atoms. The Hall–Kier alpha value is -1.30. The van der Waals surface area contributed by atoms with E-state index in [1.807, 2.05) is 25.2 Å². The van der Waals surface area contributed by atoms with E-state index in [0.29, 0.717) is 0 Å². The zero-order chi connectivity index (χ0) is 15.2. The summed E-state index contributed by atoms with van der Waals surface area (Å²) in [5.41, 5.74) is 1.12. The first kappa shape index (κ1) is 16.1. The predicted molar refractivity (Wildman–Crippen MR) is 83.2 cm³/mol. The molecule has 0 aliphatic carbocycles. The largest absolute Gasteiger partial charge is 0.497 e. The average molecular weight is 294 g/mol. The molecule has 1 fully saturated rings. The molecule has 1 aromatic rings.